The van der Waals surface area contributed by atoms with Gasteiger partial charge in [-0.15, -0.1) is 6.42 Å². The maximum Gasteiger partial charge on any atom is 0.258 e. The first-order valence-electron chi connectivity index (χ1n) is 9.24. The summed E-state index contributed by atoms with van der Waals surface area (Å²) in [6.45, 7) is 3.66. The maximum absolute atomic E-state index is 12.8. The van der Waals surface area contributed by atoms with Gasteiger partial charge in [-0.1, -0.05) is 18.1 Å². The Morgan fingerprint density at radius 1 is 1.38 bits per heavy atom. The minimum atomic E-state index is -0.688. The van der Waals surface area contributed by atoms with Gasteiger partial charge in [-0.3, -0.25) is 9.59 Å². The molecule has 2 bridgehead atoms. The molecular formula is C21H24N2O3. The van der Waals surface area contributed by atoms with Crippen LogP contribution in [0.3, 0.4) is 0 Å². The Bertz CT molecular complexity index is 810. The van der Waals surface area contributed by atoms with E-state index < -0.39 is 11.3 Å². The van der Waals surface area contributed by atoms with E-state index in [4.69, 9.17) is 11.2 Å². The zero-order valence-corrected chi connectivity index (χ0v) is 15.2. The summed E-state index contributed by atoms with van der Waals surface area (Å²) >= 11 is 0. The third-order valence-corrected chi connectivity index (χ3v) is 6.10. The predicted molar refractivity (Wildman–Crippen MR) is 97.3 cm³/mol. The highest BCUT2D eigenvalue weighted by Gasteiger charge is 2.57. The molecule has 5 heteroatoms. The fraction of sp³-hybridized carbons (Fsp3) is 0.524. The van der Waals surface area contributed by atoms with Gasteiger partial charge in [-0.25, -0.2) is 0 Å². The van der Waals surface area contributed by atoms with E-state index in [0.717, 1.165) is 12.8 Å². The van der Waals surface area contributed by atoms with Gasteiger partial charge in [0.2, 0.25) is 5.91 Å². The Labute approximate surface area is 153 Å². The van der Waals surface area contributed by atoms with Crippen molar-refractivity contribution in [2.75, 3.05) is 0 Å². The molecule has 0 radical (unpaired) electrons. The number of carbonyl (C=O) groups is 2. The Morgan fingerprint density at radius 3 is 2.85 bits per heavy atom. The van der Waals surface area contributed by atoms with Crippen LogP contribution in [0.2, 0.25) is 0 Å². The monoisotopic (exact) mass is 352 g/mol. The minimum Gasteiger partial charge on any atom is -0.467 e. The highest BCUT2D eigenvalue weighted by atomic mass is 16.5. The summed E-state index contributed by atoms with van der Waals surface area (Å²) in [6, 6.07) is 7.33. The second-order valence-corrected chi connectivity index (χ2v) is 8.28. The molecule has 0 unspecified atom stereocenters. The Kier molecular flexibility index (Phi) is 3.76. The molecule has 1 aromatic rings. The molecule has 5 nitrogen and oxygen atoms in total. The van der Waals surface area contributed by atoms with Gasteiger partial charge in [-0.05, 0) is 51.2 Å². The molecule has 1 aliphatic heterocycles. The summed E-state index contributed by atoms with van der Waals surface area (Å²) in [5, 5.41) is 6.09. The first kappa shape index (κ1) is 17.0. The van der Waals surface area contributed by atoms with Gasteiger partial charge in [0.15, 0.2) is 5.72 Å². The van der Waals surface area contributed by atoms with E-state index in [9.17, 15) is 9.59 Å². The van der Waals surface area contributed by atoms with Crippen molar-refractivity contribution in [1.82, 2.24) is 10.6 Å². The highest BCUT2D eigenvalue weighted by molar-refractivity contribution is 5.98. The van der Waals surface area contributed by atoms with Crippen LogP contribution in [0.5, 0.6) is 5.75 Å². The summed E-state index contributed by atoms with van der Waals surface area (Å²) < 4.78 is 6.32. The van der Waals surface area contributed by atoms with Crippen molar-refractivity contribution in [1.29, 1.82) is 0 Å². The maximum atomic E-state index is 12.8. The average Bonchev–Trinajstić information content (AvgIpc) is 2.61. The van der Waals surface area contributed by atoms with Crippen molar-refractivity contribution >= 4 is 11.8 Å². The molecule has 0 aromatic heterocycles. The Balaban J connectivity index is 1.56. The number of hydrogen-bond donors (Lipinski definition) is 2. The summed E-state index contributed by atoms with van der Waals surface area (Å²) in [6.07, 6.45) is 8.79. The molecule has 136 valence electrons. The number of amides is 2. The summed E-state index contributed by atoms with van der Waals surface area (Å²) in [7, 11) is 0. The van der Waals surface area contributed by atoms with Gasteiger partial charge in [0.1, 0.15) is 5.75 Å². The van der Waals surface area contributed by atoms with Crippen LogP contribution in [0.4, 0.5) is 0 Å². The molecule has 3 fully saturated rings. The molecule has 4 aliphatic rings. The summed E-state index contributed by atoms with van der Waals surface area (Å²) in [4.78, 5) is 25.3. The van der Waals surface area contributed by atoms with E-state index in [1.54, 1.807) is 6.07 Å². The number of para-hydroxylation sites is 1. The van der Waals surface area contributed by atoms with Crippen LogP contribution >= 0.6 is 0 Å². The van der Waals surface area contributed by atoms with Gasteiger partial charge in [0, 0.05) is 18.3 Å². The predicted octanol–water partition coefficient (Wildman–Crippen LogP) is 2.47. The third kappa shape index (κ3) is 2.65. The van der Waals surface area contributed by atoms with E-state index >= 15 is 0 Å². The quantitative estimate of drug-likeness (QED) is 0.804. The molecule has 5 rings (SSSR count). The number of benzene rings is 1. The fourth-order valence-electron chi connectivity index (χ4n) is 4.72. The minimum absolute atomic E-state index is 0.0139. The summed E-state index contributed by atoms with van der Waals surface area (Å²) in [5.41, 5.74) is -0.767. The van der Waals surface area contributed by atoms with E-state index in [0.29, 0.717) is 24.2 Å². The zero-order chi connectivity index (χ0) is 18.5. The smallest absolute Gasteiger partial charge is 0.258 e. The van der Waals surface area contributed by atoms with Crippen molar-refractivity contribution in [3.63, 3.8) is 0 Å². The van der Waals surface area contributed by atoms with Gasteiger partial charge in [0.25, 0.3) is 5.91 Å². The third-order valence-electron chi connectivity index (χ3n) is 6.10. The second-order valence-electron chi connectivity index (χ2n) is 8.28. The molecule has 0 saturated heterocycles. The SMILES string of the molecule is C#CC(C)(C)NC(=O)[C@@H]1C[C@@H]2CC[C@@H]1C[C@@]21NC(=O)c2ccccc2O1. The number of carbonyl (C=O) groups excluding carboxylic acids is 2. The first-order valence-corrected chi connectivity index (χ1v) is 9.24. The molecule has 1 heterocycles. The van der Waals surface area contributed by atoms with Gasteiger partial charge >= 0.3 is 0 Å². The van der Waals surface area contributed by atoms with Crippen molar-refractivity contribution in [2.24, 2.45) is 17.8 Å². The number of rotatable bonds is 2. The van der Waals surface area contributed by atoms with Crippen LogP contribution in [-0.4, -0.2) is 23.1 Å². The molecule has 1 aromatic carbocycles. The number of fused-ring (bicyclic) bond motifs is 3. The van der Waals surface area contributed by atoms with Crippen LogP contribution in [0, 0.1) is 30.1 Å². The van der Waals surface area contributed by atoms with Gasteiger partial charge < -0.3 is 15.4 Å². The van der Waals surface area contributed by atoms with Crippen LogP contribution in [-0.2, 0) is 4.79 Å². The van der Waals surface area contributed by atoms with Crippen LogP contribution in [0.15, 0.2) is 24.3 Å². The molecule has 4 atom stereocenters. The standard InChI is InChI=1S/C21H24N2O3/c1-4-20(2,3)22-19(25)16-11-14-10-9-13(16)12-21(14)23-18(24)15-7-5-6-8-17(15)26-21/h1,5-8,13-14,16H,9-12H2,2-3H3,(H,22,25)(H,23,24)/t13-,14+,16-,21+/m1/s1. The van der Waals surface area contributed by atoms with Crippen LogP contribution in [0.25, 0.3) is 0 Å². The average molecular weight is 352 g/mol. The van der Waals surface area contributed by atoms with Crippen LogP contribution < -0.4 is 15.4 Å². The van der Waals surface area contributed by atoms with E-state index in [2.05, 4.69) is 16.6 Å². The lowest BCUT2D eigenvalue weighted by molar-refractivity contribution is -0.147. The van der Waals surface area contributed by atoms with Crippen molar-refractivity contribution in [2.45, 2.75) is 50.8 Å². The molecule has 3 aliphatic carbocycles. The number of terminal acetylenes is 1. The first-order chi connectivity index (χ1) is 12.3. The zero-order valence-electron chi connectivity index (χ0n) is 15.2. The molecule has 26 heavy (non-hydrogen) atoms. The van der Waals surface area contributed by atoms with Gasteiger partial charge in [-0.2, -0.15) is 0 Å². The number of hydrogen-bond acceptors (Lipinski definition) is 3. The Hall–Kier alpha value is -2.48. The molecule has 2 N–H and O–H groups in total. The number of nitrogens with one attached hydrogen (secondary N) is 2. The number of ether oxygens (including phenoxy) is 1. The normalized spacial score (nSPS) is 32.2. The molecule has 2 amide bonds. The second kappa shape index (κ2) is 5.77. The summed E-state index contributed by atoms with van der Waals surface area (Å²) in [5.74, 6) is 3.40. The lowest BCUT2D eigenvalue weighted by Gasteiger charge is -2.55. The molecular weight excluding hydrogens is 328 g/mol. The van der Waals surface area contributed by atoms with Crippen LogP contribution in [0.1, 0.15) is 49.9 Å². The van der Waals surface area contributed by atoms with Gasteiger partial charge in [0.05, 0.1) is 11.1 Å². The fourth-order valence-corrected chi connectivity index (χ4v) is 4.72. The van der Waals surface area contributed by atoms with E-state index in [-0.39, 0.29) is 29.6 Å². The lowest BCUT2D eigenvalue weighted by atomic mass is 9.59. The van der Waals surface area contributed by atoms with Crippen molar-refractivity contribution < 1.29 is 14.3 Å². The lowest BCUT2D eigenvalue weighted by Crippen LogP contribution is -2.67. The van der Waals surface area contributed by atoms with E-state index in [1.165, 1.54) is 0 Å². The molecule has 1 spiro atoms. The Morgan fingerprint density at radius 2 is 2.15 bits per heavy atom. The highest BCUT2D eigenvalue weighted by Crippen LogP contribution is 2.52. The largest absolute Gasteiger partial charge is 0.467 e. The molecule has 3 saturated carbocycles. The van der Waals surface area contributed by atoms with E-state index in [1.807, 2.05) is 32.0 Å². The van der Waals surface area contributed by atoms with Crippen molar-refractivity contribution in [3.8, 4) is 18.1 Å². The van der Waals surface area contributed by atoms with Crippen molar-refractivity contribution in [3.05, 3.63) is 29.8 Å². The topological polar surface area (TPSA) is 67.4 Å².